The molecule has 0 aliphatic rings. The molecule has 4 heteroatoms. The van der Waals surface area contributed by atoms with Crippen molar-refractivity contribution in [3.8, 4) is 0 Å². The second kappa shape index (κ2) is 5.00. The molecule has 0 atom stereocenters. The third-order valence-corrected chi connectivity index (χ3v) is 2.48. The van der Waals surface area contributed by atoms with Crippen molar-refractivity contribution in [3.05, 3.63) is 33.5 Å². The van der Waals surface area contributed by atoms with Crippen LogP contribution < -0.4 is 0 Å². The molecular formula is C8H6Br2ClN. The maximum Gasteiger partial charge on any atom is 0.129 e. The van der Waals surface area contributed by atoms with Gasteiger partial charge in [-0.25, -0.2) is 4.98 Å². The Hall–Kier alpha value is 0.140. The van der Waals surface area contributed by atoms with Gasteiger partial charge in [-0.15, -0.1) is 0 Å². The summed E-state index contributed by atoms with van der Waals surface area (Å²) in [6, 6.07) is 1.81. The van der Waals surface area contributed by atoms with Gasteiger partial charge in [0, 0.05) is 16.0 Å². The van der Waals surface area contributed by atoms with E-state index in [-0.39, 0.29) is 0 Å². The van der Waals surface area contributed by atoms with E-state index in [1.54, 1.807) is 6.20 Å². The molecule has 1 aromatic rings. The molecule has 0 fully saturated rings. The lowest BCUT2D eigenvalue weighted by Crippen LogP contribution is -1.79. The number of rotatable bonds is 2. The van der Waals surface area contributed by atoms with E-state index in [1.807, 2.05) is 18.2 Å². The van der Waals surface area contributed by atoms with E-state index in [0.717, 1.165) is 15.4 Å². The molecule has 0 aliphatic heterocycles. The maximum atomic E-state index is 5.72. The van der Waals surface area contributed by atoms with Gasteiger partial charge in [-0.05, 0) is 27.6 Å². The van der Waals surface area contributed by atoms with Crippen LogP contribution in [0.15, 0.2) is 22.8 Å². The second-order valence-corrected chi connectivity index (χ2v) is 3.97. The number of hydrogen-bond donors (Lipinski definition) is 0. The molecule has 1 nitrogen and oxygen atoms in total. The predicted molar refractivity (Wildman–Crippen MR) is 59.8 cm³/mol. The van der Waals surface area contributed by atoms with Crippen LogP contribution in [0.25, 0.3) is 6.08 Å². The zero-order valence-electron chi connectivity index (χ0n) is 6.10. The van der Waals surface area contributed by atoms with Crippen LogP contribution in [0.1, 0.15) is 5.56 Å². The Balaban J connectivity index is 2.97. The van der Waals surface area contributed by atoms with Gasteiger partial charge in [-0.1, -0.05) is 39.7 Å². The lowest BCUT2D eigenvalue weighted by atomic mass is 10.2. The van der Waals surface area contributed by atoms with Crippen LogP contribution in [0, 0.1) is 0 Å². The molecule has 0 aromatic carbocycles. The predicted octanol–water partition coefficient (Wildman–Crippen LogP) is 3.91. The van der Waals surface area contributed by atoms with Crippen molar-refractivity contribution in [2.45, 2.75) is 0 Å². The number of nitrogens with zero attached hydrogens (tertiary/aromatic N) is 1. The zero-order valence-corrected chi connectivity index (χ0v) is 10.0. The average molecular weight is 311 g/mol. The molecule has 1 heterocycles. The largest absolute Gasteiger partial charge is 0.243 e. The average Bonchev–Trinajstić information content (AvgIpc) is 2.07. The van der Waals surface area contributed by atoms with E-state index < -0.39 is 0 Å². The maximum absolute atomic E-state index is 5.72. The fraction of sp³-hybridized carbons (Fsp3) is 0.125. The van der Waals surface area contributed by atoms with Gasteiger partial charge < -0.3 is 0 Å². The van der Waals surface area contributed by atoms with E-state index in [4.69, 9.17) is 11.6 Å². The van der Waals surface area contributed by atoms with Gasteiger partial charge >= 0.3 is 0 Å². The molecule has 0 aliphatic carbocycles. The molecule has 1 rings (SSSR count). The van der Waals surface area contributed by atoms with E-state index >= 15 is 0 Å². The first-order valence-electron chi connectivity index (χ1n) is 3.27. The molecule has 0 radical (unpaired) electrons. The summed E-state index contributed by atoms with van der Waals surface area (Å²) in [6.07, 6.45) is 5.67. The van der Waals surface area contributed by atoms with Crippen LogP contribution in [0.3, 0.4) is 0 Å². The highest BCUT2D eigenvalue weighted by molar-refractivity contribution is 9.10. The summed E-state index contributed by atoms with van der Waals surface area (Å²) >= 11 is 12.4. The van der Waals surface area contributed by atoms with Gasteiger partial charge in [0.2, 0.25) is 0 Å². The van der Waals surface area contributed by atoms with E-state index in [9.17, 15) is 0 Å². The third-order valence-electron chi connectivity index (χ3n) is 1.24. The van der Waals surface area contributed by atoms with Crippen molar-refractivity contribution in [1.29, 1.82) is 0 Å². The Kier molecular flexibility index (Phi) is 4.26. The second-order valence-electron chi connectivity index (χ2n) is 2.09. The summed E-state index contributed by atoms with van der Waals surface area (Å²) in [4.78, 5) is 3.92. The van der Waals surface area contributed by atoms with Crippen LogP contribution >= 0.6 is 43.5 Å². The number of allylic oxidation sites excluding steroid dienone is 1. The van der Waals surface area contributed by atoms with Crippen LogP contribution in [-0.4, -0.2) is 10.3 Å². The Morgan fingerprint density at radius 1 is 1.58 bits per heavy atom. The third kappa shape index (κ3) is 2.88. The molecule has 0 amide bonds. The normalized spacial score (nSPS) is 10.9. The number of halogens is 3. The highest BCUT2D eigenvalue weighted by Gasteiger charge is 1.96. The van der Waals surface area contributed by atoms with Crippen LogP contribution in [-0.2, 0) is 0 Å². The minimum atomic E-state index is 0.507. The number of aromatic nitrogens is 1. The van der Waals surface area contributed by atoms with Crippen molar-refractivity contribution >= 4 is 49.5 Å². The number of hydrogen-bond acceptors (Lipinski definition) is 1. The lowest BCUT2D eigenvalue weighted by molar-refractivity contribution is 1.30. The van der Waals surface area contributed by atoms with Crippen molar-refractivity contribution < 1.29 is 0 Å². The lowest BCUT2D eigenvalue weighted by Gasteiger charge is -1.97. The van der Waals surface area contributed by atoms with E-state index in [0.29, 0.717) is 5.15 Å². The van der Waals surface area contributed by atoms with Crippen LogP contribution in [0.4, 0.5) is 0 Å². The summed E-state index contributed by atoms with van der Waals surface area (Å²) in [6.45, 7) is 0. The number of pyridine rings is 1. The molecule has 0 unspecified atom stereocenters. The van der Waals surface area contributed by atoms with Crippen molar-refractivity contribution in [2.75, 3.05) is 5.33 Å². The smallest absolute Gasteiger partial charge is 0.129 e. The fourth-order valence-electron chi connectivity index (χ4n) is 0.727. The van der Waals surface area contributed by atoms with Gasteiger partial charge in [0.1, 0.15) is 5.15 Å². The minimum absolute atomic E-state index is 0.507. The monoisotopic (exact) mass is 309 g/mol. The van der Waals surface area contributed by atoms with Crippen molar-refractivity contribution in [3.63, 3.8) is 0 Å². The Morgan fingerprint density at radius 3 is 3.00 bits per heavy atom. The van der Waals surface area contributed by atoms with Gasteiger partial charge in [0.25, 0.3) is 0 Å². The summed E-state index contributed by atoms with van der Waals surface area (Å²) in [5.41, 5.74) is 1.04. The summed E-state index contributed by atoms with van der Waals surface area (Å²) in [5, 5.41) is 1.34. The van der Waals surface area contributed by atoms with Crippen LogP contribution in [0.5, 0.6) is 0 Å². The Labute approximate surface area is 93.1 Å². The summed E-state index contributed by atoms with van der Waals surface area (Å²) in [5.74, 6) is 0. The zero-order chi connectivity index (χ0) is 8.97. The molecule has 0 spiro atoms. The fourth-order valence-corrected chi connectivity index (χ4v) is 1.43. The molecule has 0 saturated carbocycles. The molecule has 0 N–H and O–H groups in total. The quantitative estimate of drug-likeness (QED) is 0.596. The van der Waals surface area contributed by atoms with Gasteiger partial charge in [-0.3, -0.25) is 0 Å². The van der Waals surface area contributed by atoms with Gasteiger partial charge in [0.05, 0.1) is 0 Å². The van der Waals surface area contributed by atoms with E-state index in [1.165, 1.54) is 0 Å². The Morgan fingerprint density at radius 2 is 2.33 bits per heavy atom. The van der Waals surface area contributed by atoms with Crippen LogP contribution in [0.2, 0.25) is 5.15 Å². The molecular weight excluding hydrogens is 305 g/mol. The minimum Gasteiger partial charge on any atom is -0.243 e. The molecule has 0 bridgehead atoms. The van der Waals surface area contributed by atoms with Gasteiger partial charge in [-0.2, -0.15) is 0 Å². The highest BCUT2D eigenvalue weighted by atomic mass is 79.9. The van der Waals surface area contributed by atoms with Crippen molar-refractivity contribution in [1.82, 2.24) is 4.98 Å². The molecule has 1 aromatic heterocycles. The van der Waals surface area contributed by atoms with Gasteiger partial charge in [0.15, 0.2) is 0 Å². The highest BCUT2D eigenvalue weighted by Crippen LogP contribution is 2.19. The Bertz CT molecular complexity index is 299. The van der Waals surface area contributed by atoms with E-state index in [2.05, 4.69) is 36.8 Å². The summed E-state index contributed by atoms with van der Waals surface area (Å²) < 4.78 is 0.948. The molecule has 0 saturated heterocycles. The summed E-state index contributed by atoms with van der Waals surface area (Å²) in [7, 11) is 0. The SMILES string of the molecule is Clc1cc(C=CCBr)c(Br)cn1. The first-order chi connectivity index (χ1) is 5.74. The first kappa shape index (κ1) is 10.2. The number of alkyl halides is 1. The molecule has 12 heavy (non-hydrogen) atoms. The molecule has 64 valence electrons. The standard InChI is InChI=1S/C8H6Br2ClN/c9-3-1-2-6-4-8(11)12-5-7(6)10/h1-2,4-5H,3H2. The first-order valence-corrected chi connectivity index (χ1v) is 5.57. The van der Waals surface area contributed by atoms with Crippen molar-refractivity contribution in [2.24, 2.45) is 0 Å². The topological polar surface area (TPSA) is 12.9 Å².